The molecule has 0 unspecified atom stereocenters. The van der Waals surface area contributed by atoms with E-state index in [1.807, 2.05) is 41.7 Å². The summed E-state index contributed by atoms with van der Waals surface area (Å²) in [5.41, 5.74) is 7.39. The summed E-state index contributed by atoms with van der Waals surface area (Å²) in [4.78, 5) is 7.29. The maximum absolute atomic E-state index is 6.61. The number of hydrogen-bond donors (Lipinski definition) is 0. The Kier molecular flexibility index (Phi) is 5.80. The summed E-state index contributed by atoms with van der Waals surface area (Å²) in [5.74, 6) is 0.587. The molecule has 0 bridgehead atoms. The highest BCUT2D eigenvalue weighted by Crippen LogP contribution is 2.47. The van der Waals surface area contributed by atoms with Gasteiger partial charge in [0.1, 0.15) is 16.7 Å². The maximum Gasteiger partial charge on any atom is 0.228 e. The van der Waals surface area contributed by atoms with Crippen LogP contribution in [0, 0.1) is 0 Å². The predicted molar refractivity (Wildman–Crippen MR) is 209 cm³/mol. The lowest BCUT2D eigenvalue weighted by atomic mass is 10.0. The van der Waals surface area contributed by atoms with Crippen LogP contribution in [0.2, 0.25) is 0 Å². The first-order chi connectivity index (χ1) is 24.8. The standard InChI is InChI=1S/C45H26N2O2S/c1-2-12-29(13-3-1)47(38-18-8-16-33-34-23-20-28-11-5-7-15-32(28)43(34)50-44(33)38)30-22-24-35-40(26-30)48-39-19-9-17-36(41(35)39)45-46-37-25-21-27-10-4-6-14-31(27)42(37)49-45/h1-26H. The third-order valence-corrected chi connectivity index (χ3v) is 11.1. The molecule has 234 valence electrons. The predicted octanol–water partition coefficient (Wildman–Crippen LogP) is 13.5. The van der Waals surface area contributed by atoms with Crippen molar-refractivity contribution in [3.05, 3.63) is 158 Å². The molecule has 11 rings (SSSR count). The number of benzene rings is 8. The summed E-state index contributed by atoms with van der Waals surface area (Å²) in [7, 11) is 0. The van der Waals surface area contributed by atoms with Crippen LogP contribution in [0.5, 0.6) is 0 Å². The largest absolute Gasteiger partial charge is 0.456 e. The van der Waals surface area contributed by atoms with Gasteiger partial charge in [-0.1, -0.05) is 103 Å². The Bertz CT molecular complexity index is 3120. The number of aromatic nitrogens is 1. The number of nitrogens with zero attached hydrogens (tertiary/aromatic N) is 2. The van der Waals surface area contributed by atoms with E-state index in [1.54, 1.807) is 0 Å². The molecule has 0 aliphatic rings. The van der Waals surface area contributed by atoms with Gasteiger partial charge in [-0.25, -0.2) is 4.98 Å². The number of anilines is 3. The lowest BCUT2D eigenvalue weighted by Gasteiger charge is -2.26. The number of thiophene rings is 1. The van der Waals surface area contributed by atoms with Crippen molar-refractivity contribution in [1.29, 1.82) is 0 Å². The Morgan fingerprint density at radius 1 is 0.480 bits per heavy atom. The van der Waals surface area contributed by atoms with E-state index in [0.717, 1.165) is 66.4 Å². The molecule has 0 spiro atoms. The Morgan fingerprint density at radius 3 is 2.10 bits per heavy atom. The monoisotopic (exact) mass is 658 g/mol. The molecular formula is C45H26N2O2S. The Labute approximate surface area is 290 Å². The second-order valence-electron chi connectivity index (χ2n) is 12.7. The van der Waals surface area contributed by atoms with Crippen LogP contribution in [0.15, 0.2) is 167 Å². The molecule has 50 heavy (non-hydrogen) atoms. The fraction of sp³-hybridized carbons (Fsp3) is 0. The summed E-state index contributed by atoms with van der Waals surface area (Å²) in [6.45, 7) is 0. The van der Waals surface area contributed by atoms with Crippen LogP contribution >= 0.6 is 11.3 Å². The minimum atomic E-state index is 0.587. The van der Waals surface area contributed by atoms with Gasteiger partial charge in [-0.2, -0.15) is 0 Å². The van der Waals surface area contributed by atoms with Gasteiger partial charge in [0.05, 0.1) is 10.4 Å². The zero-order valence-corrected chi connectivity index (χ0v) is 27.4. The SMILES string of the molecule is c1ccc(N(c2ccc3c(c2)oc2cccc(-c4nc5ccc6ccccc6c5o4)c23)c2cccc3c2sc2c4ccccc4ccc32)cc1. The quantitative estimate of drug-likeness (QED) is 0.189. The third-order valence-electron chi connectivity index (χ3n) is 9.87. The molecule has 0 fully saturated rings. The minimum Gasteiger partial charge on any atom is -0.456 e. The van der Waals surface area contributed by atoms with Crippen LogP contribution in [0.4, 0.5) is 17.1 Å². The summed E-state index contributed by atoms with van der Waals surface area (Å²) >= 11 is 1.86. The van der Waals surface area contributed by atoms with Crippen LogP contribution in [-0.4, -0.2) is 4.98 Å². The van der Waals surface area contributed by atoms with Crippen molar-refractivity contribution in [2.24, 2.45) is 0 Å². The van der Waals surface area contributed by atoms with E-state index in [4.69, 9.17) is 13.8 Å². The number of furan rings is 1. The number of para-hydroxylation sites is 1. The van der Waals surface area contributed by atoms with E-state index in [1.165, 1.54) is 30.9 Å². The van der Waals surface area contributed by atoms with Gasteiger partial charge in [0.2, 0.25) is 5.89 Å². The number of hydrogen-bond acceptors (Lipinski definition) is 5. The first-order valence-corrected chi connectivity index (χ1v) is 17.5. The molecule has 5 heteroatoms. The van der Waals surface area contributed by atoms with Gasteiger partial charge in [-0.05, 0) is 64.7 Å². The van der Waals surface area contributed by atoms with Crippen molar-refractivity contribution in [3.63, 3.8) is 0 Å². The normalized spacial score (nSPS) is 12.0. The minimum absolute atomic E-state index is 0.587. The summed E-state index contributed by atoms with van der Waals surface area (Å²) < 4.78 is 15.7. The first kappa shape index (κ1) is 27.5. The van der Waals surface area contributed by atoms with Gasteiger partial charge in [0.25, 0.3) is 0 Å². The zero-order valence-electron chi connectivity index (χ0n) is 26.6. The van der Waals surface area contributed by atoms with Crippen molar-refractivity contribution >= 4 is 103 Å². The first-order valence-electron chi connectivity index (χ1n) is 16.7. The van der Waals surface area contributed by atoms with Gasteiger partial charge >= 0.3 is 0 Å². The molecule has 0 saturated carbocycles. The molecule has 3 heterocycles. The van der Waals surface area contributed by atoms with Crippen LogP contribution < -0.4 is 4.90 Å². The Morgan fingerprint density at radius 2 is 1.20 bits per heavy atom. The summed E-state index contributed by atoms with van der Waals surface area (Å²) in [6, 6.07) is 55.4. The van der Waals surface area contributed by atoms with Gasteiger partial charge in [0.15, 0.2) is 5.58 Å². The number of rotatable bonds is 4. The number of oxazole rings is 1. The topological polar surface area (TPSA) is 42.4 Å². The van der Waals surface area contributed by atoms with E-state index < -0.39 is 0 Å². The van der Waals surface area contributed by atoms with Crippen molar-refractivity contribution in [1.82, 2.24) is 4.98 Å². The average molecular weight is 659 g/mol. The van der Waals surface area contributed by atoms with Crippen molar-refractivity contribution in [2.75, 3.05) is 4.90 Å². The van der Waals surface area contributed by atoms with Gasteiger partial charge in [0, 0.05) is 54.6 Å². The van der Waals surface area contributed by atoms with Gasteiger partial charge < -0.3 is 13.7 Å². The van der Waals surface area contributed by atoms with E-state index in [9.17, 15) is 0 Å². The molecule has 0 aliphatic heterocycles. The maximum atomic E-state index is 6.61. The fourth-order valence-corrected chi connectivity index (χ4v) is 8.93. The average Bonchev–Trinajstić information content (AvgIpc) is 3.89. The van der Waals surface area contributed by atoms with Crippen LogP contribution in [0.1, 0.15) is 0 Å². The number of fused-ring (bicyclic) bond motifs is 11. The zero-order chi connectivity index (χ0) is 32.8. The molecule has 4 nitrogen and oxygen atoms in total. The van der Waals surface area contributed by atoms with E-state index in [2.05, 4.69) is 132 Å². The van der Waals surface area contributed by atoms with Gasteiger partial charge in [-0.3, -0.25) is 0 Å². The molecule has 0 saturated heterocycles. The molecule has 8 aromatic carbocycles. The lowest BCUT2D eigenvalue weighted by molar-refractivity contribution is 0.623. The Hall–Kier alpha value is -6.43. The second-order valence-corrected chi connectivity index (χ2v) is 13.7. The molecule has 0 aliphatic carbocycles. The van der Waals surface area contributed by atoms with E-state index in [-0.39, 0.29) is 0 Å². The molecule has 0 radical (unpaired) electrons. The summed E-state index contributed by atoms with van der Waals surface area (Å²) in [6.07, 6.45) is 0. The molecular weight excluding hydrogens is 633 g/mol. The van der Waals surface area contributed by atoms with Gasteiger partial charge in [-0.15, -0.1) is 11.3 Å². The van der Waals surface area contributed by atoms with Crippen molar-refractivity contribution in [3.8, 4) is 11.5 Å². The lowest BCUT2D eigenvalue weighted by Crippen LogP contribution is -2.09. The molecule has 3 aromatic heterocycles. The van der Waals surface area contributed by atoms with Crippen LogP contribution in [0.3, 0.4) is 0 Å². The van der Waals surface area contributed by atoms with Crippen molar-refractivity contribution < 1.29 is 8.83 Å². The third kappa shape index (κ3) is 4.01. The van der Waals surface area contributed by atoms with E-state index >= 15 is 0 Å². The Balaban J connectivity index is 1.11. The van der Waals surface area contributed by atoms with Crippen LogP contribution in [-0.2, 0) is 0 Å². The molecule has 0 N–H and O–H groups in total. The highest BCUT2D eigenvalue weighted by atomic mass is 32.1. The van der Waals surface area contributed by atoms with Crippen LogP contribution in [0.25, 0.3) is 86.2 Å². The molecule has 0 atom stereocenters. The summed E-state index contributed by atoms with van der Waals surface area (Å²) in [5, 5.41) is 9.29. The molecule has 11 aromatic rings. The highest BCUT2D eigenvalue weighted by molar-refractivity contribution is 7.27. The highest BCUT2D eigenvalue weighted by Gasteiger charge is 2.22. The van der Waals surface area contributed by atoms with Crippen molar-refractivity contribution in [2.45, 2.75) is 0 Å². The molecule has 0 amide bonds. The second kappa shape index (κ2) is 10.5. The fourth-order valence-electron chi connectivity index (χ4n) is 7.59. The smallest absolute Gasteiger partial charge is 0.228 e. The van der Waals surface area contributed by atoms with E-state index in [0.29, 0.717) is 5.89 Å².